The van der Waals surface area contributed by atoms with Crippen LogP contribution in [0.5, 0.6) is 0 Å². The van der Waals surface area contributed by atoms with Crippen LogP contribution in [0.2, 0.25) is 0 Å². The van der Waals surface area contributed by atoms with Crippen molar-refractivity contribution in [2.24, 2.45) is 0 Å². The van der Waals surface area contributed by atoms with Crippen LogP contribution in [-0.4, -0.2) is 28.0 Å². The molecular formula is C17H25N5O. The molecule has 1 aliphatic carbocycles. The molecule has 1 amide bonds. The fourth-order valence-electron chi connectivity index (χ4n) is 2.85. The molecule has 1 aliphatic rings. The molecule has 0 spiro atoms. The van der Waals surface area contributed by atoms with Crippen molar-refractivity contribution in [2.45, 2.75) is 58.0 Å². The highest BCUT2D eigenvalue weighted by atomic mass is 16.1. The van der Waals surface area contributed by atoms with E-state index in [0.29, 0.717) is 12.2 Å². The van der Waals surface area contributed by atoms with Gasteiger partial charge in [-0.25, -0.2) is 4.98 Å². The lowest BCUT2D eigenvalue weighted by Crippen LogP contribution is -2.37. The Kier molecular flexibility index (Phi) is 6.67. The summed E-state index contributed by atoms with van der Waals surface area (Å²) in [5.74, 6) is -0.251. The van der Waals surface area contributed by atoms with Crippen molar-refractivity contribution in [3.05, 3.63) is 30.0 Å². The Morgan fingerprint density at radius 2 is 2.17 bits per heavy atom. The van der Waals surface area contributed by atoms with Gasteiger partial charge in [0.25, 0.3) is 5.91 Å². The topological polar surface area (TPSA) is 82.7 Å². The van der Waals surface area contributed by atoms with Gasteiger partial charge in [0.2, 0.25) is 0 Å². The van der Waals surface area contributed by atoms with Crippen molar-refractivity contribution >= 4 is 5.91 Å². The summed E-state index contributed by atoms with van der Waals surface area (Å²) in [6.45, 7) is 3.36. The maximum Gasteiger partial charge on any atom is 0.263 e. The van der Waals surface area contributed by atoms with Gasteiger partial charge in [-0.15, -0.1) is 0 Å². The number of carbonyl (C=O) groups excluding carboxylic acids is 1. The van der Waals surface area contributed by atoms with E-state index in [1.807, 2.05) is 16.8 Å². The Morgan fingerprint density at radius 1 is 1.39 bits per heavy atom. The number of hydrogen-bond acceptors (Lipinski definition) is 4. The maximum absolute atomic E-state index is 12.3. The van der Waals surface area contributed by atoms with Crippen molar-refractivity contribution in [1.29, 1.82) is 5.26 Å². The third kappa shape index (κ3) is 5.44. The molecular weight excluding hydrogens is 290 g/mol. The van der Waals surface area contributed by atoms with E-state index in [2.05, 4.69) is 15.6 Å². The first kappa shape index (κ1) is 17.1. The second-order valence-corrected chi connectivity index (χ2v) is 6.00. The molecule has 1 saturated carbocycles. The number of aryl methyl sites for hydroxylation is 1. The number of imidazole rings is 1. The van der Waals surface area contributed by atoms with Gasteiger partial charge in [0.05, 0.1) is 6.33 Å². The van der Waals surface area contributed by atoms with Crippen LogP contribution in [0, 0.1) is 11.3 Å². The van der Waals surface area contributed by atoms with E-state index < -0.39 is 0 Å². The number of nitriles is 1. The molecule has 0 unspecified atom stereocenters. The fourth-order valence-corrected chi connectivity index (χ4v) is 2.85. The molecule has 23 heavy (non-hydrogen) atoms. The van der Waals surface area contributed by atoms with E-state index in [4.69, 9.17) is 0 Å². The Labute approximate surface area is 137 Å². The molecule has 0 aliphatic heterocycles. The highest BCUT2D eigenvalue weighted by Crippen LogP contribution is 2.17. The van der Waals surface area contributed by atoms with Crippen LogP contribution in [0.25, 0.3) is 0 Å². The number of rotatable bonds is 7. The summed E-state index contributed by atoms with van der Waals surface area (Å²) in [7, 11) is 0. The molecule has 0 aromatic carbocycles. The van der Waals surface area contributed by atoms with Gasteiger partial charge in [-0.05, 0) is 26.2 Å². The van der Waals surface area contributed by atoms with Gasteiger partial charge in [0.15, 0.2) is 0 Å². The third-order valence-electron chi connectivity index (χ3n) is 4.20. The summed E-state index contributed by atoms with van der Waals surface area (Å²) in [6, 6.07) is 2.25. The normalized spacial score (nSPS) is 16.3. The minimum Gasteiger partial charge on any atom is -0.387 e. The van der Waals surface area contributed by atoms with Crippen molar-refractivity contribution < 1.29 is 4.79 Å². The lowest BCUT2D eigenvalue weighted by atomic mass is 9.95. The van der Waals surface area contributed by atoms with Crippen molar-refractivity contribution in [1.82, 2.24) is 20.2 Å². The zero-order chi connectivity index (χ0) is 16.5. The monoisotopic (exact) mass is 315 g/mol. The Balaban J connectivity index is 1.79. The highest BCUT2D eigenvalue weighted by Gasteiger charge is 2.19. The van der Waals surface area contributed by atoms with Gasteiger partial charge in [-0.2, -0.15) is 5.26 Å². The van der Waals surface area contributed by atoms with Crippen molar-refractivity contribution in [3.63, 3.8) is 0 Å². The van der Waals surface area contributed by atoms with Crippen LogP contribution >= 0.6 is 0 Å². The van der Waals surface area contributed by atoms with Crippen LogP contribution in [0.15, 0.2) is 30.0 Å². The summed E-state index contributed by atoms with van der Waals surface area (Å²) >= 11 is 0. The van der Waals surface area contributed by atoms with Gasteiger partial charge in [0, 0.05) is 37.2 Å². The molecule has 0 bridgehead atoms. The molecule has 124 valence electrons. The summed E-state index contributed by atoms with van der Waals surface area (Å²) in [5, 5.41) is 15.5. The largest absolute Gasteiger partial charge is 0.387 e. The van der Waals surface area contributed by atoms with Crippen LogP contribution in [0.4, 0.5) is 0 Å². The molecule has 6 nitrogen and oxygen atoms in total. The summed E-state index contributed by atoms with van der Waals surface area (Å²) in [5.41, 5.74) is 0.838. The minimum absolute atomic E-state index is 0.193. The predicted octanol–water partition coefficient (Wildman–Crippen LogP) is 2.11. The van der Waals surface area contributed by atoms with E-state index in [1.165, 1.54) is 6.42 Å². The molecule has 1 heterocycles. The second kappa shape index (κ2) is 8.99. The molecule has 1 aromatic rings. The number of hydrogen-bond donors (Lipinski definition) is 2. The standard InChI is InChI=1S/C17H25N5O/c1-14(20-8-5-10-22-11-9-19-13-22)16(12-18)17(23)21-15-6-3-2-4-7-15/h9,11,13,15,20H,2-8,10H2,1H3,(H,21,23)/b16-14+. The number of allylic oxidation sites excluding steroid dienone is 1. The molecule has 1 fully saturated rings. The number of aromatic nitrogens is 2. The number of nitrogens with zero attached hydrogens (tertiary/aromatic N) is 3. The van der Waals surface area contributed by atoms with Crippen LogP contribution in [-0.2, 0) is 11.3 Å². The summed E-state index contributed by atoms with van der Waals surface area (Å²) < 4.78 is 2.00. The van der Waals surface area contributed by atoms with Gasteiger partial charge in [-0.3, -0.25) is 4.79 Å². The van der Waals surface area contributed by atoms with Gasteiger partial charge in [-0.1, -0.05) is 19.3 Å². The average Bonchev–Trinajstić information content (AvgIpc) is 3.06. The zero-order valence-corrected chi connectivity index (χ0v) is 13.7. The van der Waals surface area contributed by atoms with Gasteiger partial charge < -0.3 is 15.2 Å². The first-order chi connectivity index (χ1) is 11.2. The zero-order valence-electron chi connectivity index (χ0n) is 13.7. The van der Waals surface area contributed by atoms with E-state index in [1.54, 1.807) is 19.4 Å². The summed E-state index contributed by atoms with van der Waals surface area (Å²) in [6.07, 6.45) is 11.9. The second-order valence-electron chi connectivity index (χ2n) is 6.00. The molecule has 2 N–H and O–H groups in total. The molecule has 0 saturated heterocycles. The van der Waals surface area contributed by atoms with Crippen molar-refractivity contribution in [2.75, 3.05) is 6.54 Å². The minimum atomic E-state index is -0.251. The van der Waals surface area contributed by atoms with E-state index >= 15 is 0 Å². The number of carbonyl (C=O) groups is 1. The van der Waals surface area contributed by atoms with Gasteiger partial charge >= 0.3 is 0 Å². The molecule has 0 atom stereocenters. The lowest BCUT2D eigenvalue weighted by Gasteiger charge is -2.22. The SMILES string of the molecule is C/C(NCCCn1ccnc1)=C(/C#N)C(=O)NC1CCCCC1. The molecule has 0 radical (unpaired) electrons. The maximum atomic E-state index is 12.3. The average molecular weight is 315 g/mol. The van der Waals surface area contributed by atoms with Crippen molar-refractivity contribution in [3.8, 4) is 6.07 Å². The third-order valence-corrected chi connectivity index (χ3v) is 4.20. The number of nitrogens with one attached hydrogen (secondary N) is 2. The Hall–Kier alpha value is -2.29. The summed E-state index contributed by atoms with van der Waals surface area (Å²) in [4.78, 5) is 16.3. The van der Waals surface area contributed by atoms with E-state index in [0.717, 1.165) is 38.6 Å². The quantitative estimate of drug-likeness (QED) is 0.458. The van der Waals surface area contributed by atoms with E-state index in [-0.39, 0.29) is 17.5 Å². The smallest absolute Gasteiger partial charge is 0.263 e. The highest BCUT2D eigenvalue weighted by molar-refractivity contribution is 5.98. The van der Waals surface area contributed by atoms with Crippen LogP contribution in [0.3, 0.4) is 0 Å². The first-order valence-electron chi connectivity index (χ1n) is 8.32. The van der Waals surface area contributed by atoms with Crippen LogP contribution < -0.4 is 10.6 Å². The molecule has 2 rings (SSSR count). The fraction of sp³-hybridized carbons (Fsp3) is 0.588. The predicted molar refractivity (Wildman–Crippen MR) is 88.2 cm³/mol. The van der Waals surface area contributed by atoms with Gasteiger partial charge in [0.1, 0.15) is 11.6 Å². The lowest BCUT2D eigenvalue weighted by molar-refractivity contribution is -0.118. The first-order valence-corrected chi connectivity index (χ1v) is 8.32. The van der Waals surface area contributed by atoms with Crippen LogP contribution in [0.1, 0.15) is 45.4 Å². The number of amides is 1. The Morgan fingerprint density at radius 3 is 2.83 bits per heavy atom. The van der Waals surface area contributed by atoms with E-state index in [9.17, 15) is 10.1 Å². The molecule has 6 heteroatoms. The molecule has 1 aromatic heterocycles. The Bertz CT molecular complexity index is 564.